The van der Waals surface area contributed by atoms with Crippen LogP contribution in [0, 0.1) is 0 Å². The van der Waals surface area contributed by atoms with E-state index < -0.39 is 5.92 Å². The zero-order chi connectivity index (χ0) is 22.4. The fraction of sp³-hybridized carbons (Fsp3) is 0.304. The van der Waals surface area contributed by atoms with Gasteiger partial charge >= 0.3 is 0 Å². The number of nitrogens with one attached hydrogen (secondary N) is 3. The number of hydrogen-bond acceptors (Lipinski definition) is 7. The molecule has 0 bridgehead atoms. The Hall–Kier alpha value is -3.46. The standard InChI is InChI=1S/C23H23N3O5S/c1-29-15-10-17(31-3)16(30-2)9-12(15)19-20-13(24-22-21(19)23(28)26-25-22)7-11(8-14(20)27)18-5-4-6-32-18/h4-6,9-11,19H,7-8H2,1-3H3,(H3,24,25,26,28). The number of benzene rings is 1. The highest BCUT2D eigenvalue weighted by molar-refractivity contribution is 7.10. The van der Waals surface area contributed by atoms with Gasteiger partial charge in [0.2, 0.25) is 0 Å². The minimum atomic E-state index is -0.595. The molecular formula is C23H23N3O5S. The normalized spacial score (nSPS) is 19.8. The number of Topliss-reactive ketones (excluding diaryl/α,β-unsaturated/α-hetero) is 1. The van der Waals surface area contributed by atoms with Crippen LogP contribution >= 0.6 is 11.3 Å². The molecule has 2 aromatic heterocycles. The SMILES string of the molecule is COc1cc(OC)c(C2C3=C(CC(c4cccs4)CC3=O)Nc3[nH][nH]c(=O)c32)cc1OC. The second-order valence-corrected chi connectivity index (χ2v) is 8.79. The molecule has 0 saturated carbocycles. The number of aromatic nitrogens is 2. The maximum Gasteiger partial charge on any atom is 0.270 e. The molecule has 3 heterocycles. The number of ketones is 1. The molecule has 8 nitrogen and oxygen atoms in total. The van der Waals surface area contributed by atoms with Crippen molar-refractivity contribution in [2.24, 2.45) is 0 Å². The van der Waals surface area contributed by atoms with Crippen molar-refractivity contribution in [2.45, 2.75) is 24.7 Å². The molecule has 3 aromatic rings. The van der Waals surface area contributed by atoms with Gasteiger partial charge in [0.1, 0.15) is 11.6 Å². The van der Waals surface area contributed by atoms with Gasteiger partial charge in [0.25, 0.3) is 5.56 Å². The Labute approximate surface area is 188 Å². The minimum absolute atomic E-state index is 0.0187. The number of methoxy groups -OCH3 is 3. The molecule has 1 aliphatic carbocycles. The van der Waals surface area contributed by atoms with E-state index in [1.807, 2.05) is 11.4 Å². The third-order valence-corrected chi connectivity index (χ3v) is 7.20. The number of hydrogen-bond donors (Lipinski definition) is 3. The number of allylic oxidation sites excluding steroid dienone is 2. The topological polar surface area (TPSA) is 105 Å². The van der Waals surface area contributed by atoms with E-state index in [4.69, 9.17) is 14.2 Å². The zero-order valence-electron chi connectivity index (χ0n) is 17.9. The average Bonchev–Trinajstić information content (AvgIpc) is 3.47. The van der Waals surface area contributed by atoms with E-state index >= 15 is 0 Å². The molecule has 5 rings (SSSR count). The fourth-order valence-corrected chi connectivity index (χ4v) is 5.57. The lowest BCUT2D eigenvalue weighted by atomic mass is 9.73. The summed E-state index contributed by atoms with van der Waals surface area (Å²) in [5.41, 5.74) is 2.27. The van der Waals surface area contributed by atoms with Crippen molar-refractivity contribution in [2.75, 3.05) is 26.6 Å². The number of rotatable bonds is 5. The second-order valence-electron chi connectivity index (χ2n) is 7.81. The molecule has 0 amide bonds. The lowest BCUT2D eigenvalue weighted by Crippen LogP contribution is -2.31. The highest BCUT2D eigenvalue weighted by Crippen LogP contribution is 2.50. The largest absolute Gasteiger partial charge is 0.496 e. The molecule has 2 aliphatic rings. The van der Waals surface area contributed by atoms with Gasteiger partial charge in [0, 0.05) is 40.1 Å². The van der Waals surface area contributed by atoms with Gasteiger partial charge in [-0.15, -0.1) is 11.3 Å². The van der Waals surface area contributed by atoms with Crippen LogP contribution in [0.25, 0.3) is 0 Å². The molecule has 3 N–H and O–H groups in total. The number of fused-ring (bicyclic) bond motifs is 1. The maximum absolute atomic E-state index is 13.5. The Balaban J connectivity index is 1.71. The highest BCUT2D eigenvalue weighted by atomic mass is 32.1. The summed E-state index contributed by atoms with van der Waals surface area (Å²) < 4.78 is 16.6. The molecule has 9 heteroatoms. The quantitative estimate of drug-likeness (QED) is 0.543. The summed E-state index contributed by atoms with van der Waals surface area (Å²) in [6.45, 7) is 0. The molecule has 0 saturated heterocycles. The van der Waals surface area contributed by atoms with E-state index in [1.54, 1.807) is 44.8 Å². The van der Waals surface area contributed by atoms with Crippen molar-refractivity contribution in [1.29, 1.82) is 0 Å². The lowest BCUT2D eigenvalue weighted by Gasteiger charge is -2.34. The molecule has 2 unspecified atom stereocenters. The van der Waals surface area contributed by atoms with Crippen LogP contribution < -0.4 is 25.1 Å². The number of anilines is 1. The predicted molar refractivity (Wildman–Crippen MR) is 121 cm³/mol. The van der Waals surface area contributed by atoms with Crippen molar-refractivity contribution in [3.8, 4) is 17.2 Å². The summed E-state index contributed by atoms with van der Waals surface area (Å²) in [5.74, 6) is 1.61. The van der Waals surface area contributed by atoms with Crippen molar-refractivity contribution in [1.82, 2.24) is 10.2 Å². The molecule has 1 aromatic carbocycles. The van der Waals surface area contributed by atoms with Gasteiger partial charge in [0.15, 0.2) is 17.3 Å². The van der Waals surface area contributed by atoms with Crippen LogP contribution in [0.15, 0.2) is 45.7 Å². The van der Waals surface area contributed by atoms with E-state index in [1.165, 1.54) is 4.88 Å². The predicted octanol–water partition coefficient (Wildman–Crippen LogP) is 3.75. The van der Waals surface area contributed by atoms with Crippen LogP contribution in [0.5, 0.6) is 17.2 Å². The monoisotopic (exact) mass is 453 g/mol. The van der Waals surface area contributed by atoms with Gasteiger partial charge in [-0.25, -0.2) is 0 Å². The lowest BCUT2D eigenvalue weighted by molar-refractivity contribution is -0.116. The molecule has 0 radical (unpaired) electrons. The number of H-pyrrole nitrogens is 2. The fourth-order valence-electron chi connectivity index (χ4n) is 4.74. The number of carbonyl (C=O) groups excluding carboxylic acids is 1. The summed E-state index contributed by atoms with van der Waals surface area (Å²) in [7, 11) is 4.65. The van der Waals surface area contributed by atoms with Crippen molar-refractivity contribution < 1.29 is 19.0 Å². The van der Waals surface area contributed by atoms with Gasteiger partial charge in [0.05, 0.1) is 32.8 Å². The van der Waals surface area contributed by atoms with Gasteiger partial charge in [-0.3, -0.25) is 19.8 Å². The van der Waals surface area contributed by atoms with Gasteiger partial charge in [-0.1, -0.05) is 6.07 Å². The van der Waals surface area contributed by atoms with Crippen LogP contribution in [0.2, 0.25) is 0 Å². The summed E-state index contributed by atoms with van der Waals surface area (Å²) in [4.78, 5) is 27.5. The molecular weight excluding hydrogens is 430 g/mol. The van der Waals surface area contributed by atoms with Crippen molar-refractivity contribution >= 4 is 22.9 Å². The summed E-state index contributed by atoms with van der Waals surface area (Å²) >= 11 is 1.66. The third-order valence-electron chi connectivity index (χ3n) is 6.17. The Morgan fingerprint density at radius 2 is 1.72 bits per heavy atom. The first-order chi connectivity index (χ1) is 15.5. The molecule has 0 spiro atoms. The zero-order valence-corrected chi connectivity index (χ0v) is 18.7. The van der Waals surface area contributed by atoms with E-state index in [-0.39, 0.29) is 17.3 Å². The Bertz CT molecular complexity index is 1270. The second kappa shape index (κ2) is 7.90. The van der Waals surface area contributed by atoms with E-state index in [9.17, 15) is 9.59 Å². The molecule has 2 atom stereocenters. The van der Waals surface area contributed by atoms with Crippen LogP contribution in [0.3, 0.4) is 0 Å². The number of thiophene rings is 1. The Morgan fingerprint density at radius 1 is 0.969 bits per heavy atom. The molecule has 166 valence electrons. The first-order valence-electron chi connectivity index (χ1n) is 10.2. The molecule has 1 aliphatic heterocycles. The van der Waals surface area contributed by atoms with Crippen LogP contribution in [0.4, 0.5) is 5.82 Å². The van der Waals surface area contributed by atoms with Gasteiger partial charge in [-0.2, -0.15) is 0 Å². The number of ether oxygens (including phenoxy) is 3. The Kier molecular flexibility index (Phi) is 5.05. The first-order valence-corrected chi connectivity index (χ1v) is 11.1. The first kappa shape index (κ1) is 20.4. The van der Waals surface area contributed by atoms with Crippen molar-refractivity contribution in [3.63, 3.8) is 0 Å². The smallest absolute Gasteiger partial charge is 0.270 e. The highest BCUT2D eigenvalue weighted by Gasteiger charge is 2.42. The van der Waals surface area contributed by atoms with E-state index in [2.05, 4.69) is 21.6 Å². The van der Waals surface area contributed by atoms with Gasteiger partial charge < -0.3 is 19.5 Å². The van der Waals surface area contributed by atoms with Crippen molar-refractivity contribution in [3.05, 3.63) is 67.3 Å². The minimum Gasteiger partial charge on any atom is -0.496 e. The third kappa shape index (κ3) is 3.12. The van der Waals surface area contributed by atoms with Crippen LogP contribution in [-0.4, -0.2) is 37.3 Å². The number of aromatic amines is 2. The summed E-state index contributed by atoms with van der Waals surface area (Å²) in [6, 6.07) is 7.57. The maximum atomic E-state index is 13.5. The van der Waals surface area contributed by atoms with E-state index in [0.29, 0.717) is 52.6 Å². The number of carbonyl (C=O) groups is 1. The van der Waals surface area contributed by atoms with E-state index in [0.717, 1.165) is 5.70 Å². The summed E-state index contributed by atoms with van der Waals surface area (Å²) in [6.07, 6.45) is 1.07. The van der Waals surface area contributed by atoms with Crippen LogP contribution in [-0.2, 0) is 4.79 Å². The van der Waals surface area contributed by atoms with Crippen LogP contribution in [0.1, 0.15) is 40.7 Å². The summed E-state index contributed by atoms with van der Waals surface area (Å²) in [5, 5.41) is 10.9. The molecule has 32 heavy (non-hydrogen) atoms. The molecule has 0 fully saturated rings. The van der Waals surface area contributed by atoms with Gasteiger partial charge in [-0.05, 0) is 23.9 Å². The average molecular weight is 454 g/mol. The Morgan fingerprint density at radius 3 is 2.41 bits per heavy atom.